The molecule has 1 amide bonds. The van der Waals surface area contributed by atoms with E-state index in [0.717, 1.165) is 16.9 Å². The van der Waals surface area contributed by atoms with Gasteiger partial charge in [0, 0.05) is 17.6 Å². The van der Waals surface area contributed by atoms with Crippen LogP contribution >= 0.6 is 0 Å². The number of anilines is 2. The summed E-state index contributed by atoms with van der Waals surface area (Å²) in [4.78, 5) is 16.0. The van der Waals surface area contributed by atoms with Crippen molar-refractivity contribution in [2.75, 3.05) is 10.6 Å². The highest BCUT2D eigenvalue weighted by Gasteiger charge is 2.15. The first-order valence-electron chi connectivity index (χ1n) is 7.57. The number of benzene rings is 1. The van der Waals surface area contributed by atoms with Gasteiger partial charge in [-0.05, 0) is 63.6 Å². The van der Waals surface area contributed by atoms with Gasteiger partial charge in [-0.25, -0.2) is 4.79 Å². The highest BCUT2D eigenvalue weighted by molar-refractivity contribution is 5.85. The quantitative estimate of drug-likeness (QED) is 0.881. The smallest absolute Gasteiger partial charge is 0.412 e. The van der Waals surface area contributed by atoms with E-state index in [1.54, 1.807) is 0 Å². The predicted molar refractivity (Wildman–Crippen MR) is 92.6 cm³/mol. The zero-order valence-corrected chi connectivity index (χ0v) is 14.0. The van der Waals surface area contributed by atoms with E-state index in [1.165, 1.54) is 0 Å². The molecule has 2 aromatic rings. The molecule has 122 valence electrons. The Morgan fingerprint density at radius 3 is 2.30 bits per heavy atom. The van der Waals surface area contributed by atoms with Crippen LogP contribution < -0.4 is 10.6 Å². The van der Waals surface area contributed by atoms with E-state index in [1.807, 2.05) is 70.3 Å². The summed E-state index contributed by atoms with van der Waals surface area (Å²) in [6, 6.07) is 11.5. The fourth-order valence-corrected chi connectivity index (χ4v) is 1.89. The maximum atomic E-state index is 11.7. The van der Waals surface area contributed by atoms with Gasteiger partial charge in [-0.2, -0.15) is 0 Å². The van der Waals surface area contributed by atoms with E-state index in [9.17, 15) is 4.79 Å². The highest BCUT2D eigenvalue weighted by atomic mass is 16.6. The summed E-state index contributed by atoms with van der Waals surface area (Å²) in [5, 5.41) is 6.00. The molecule has 5 heteroatoms. The van der Waals surface area contributed by atoms with E-state index < -0.39 is 11.7 Å². The molecular weight excluding hydrogens is 290 g/mol. The van der Waals surface area contributed by atoms with E-state index in [0.29, 0.717) is 12.2 Å². The minimum atomic E-state index is -0.507. The third-order valence-electron chi connectivity index (χ3n) is 2.98. The molecule has 2 N–H and O–H groups in total. The first-order chi connectivity index (χ1) is 10.8. The van der Waals surface area contributed by atoms with Crippen LogP contribution in [0.3, 0.4) is 0 Å². The standard InChI is InChI=1S/C18H23N3O2/c1-13-5-6-16(19-11-13)12-20-14-7-9-15(10-8-14)21-17(22)23-18(2,3)4/h5-11,20H,12H2,1-4H3,(H,21,22). The van der Waals surface area contributed by atoms with Crippen LogP contribution in [0.25, 0.3) is 0 Å². The Morgan fingerprint density at radius 1 is 1.09 bits per heavy atom. The molecule has 0 radical (unpaired) electrons. The summed E-state index contributed by atoms with van der Waals surface area (Å²) in [7, 11) is 0. The van der Waals surface area contributed by atoms with Crippen molar-refractivity contribution in [1.29, 1.82) is 0 Å². The molecule has 0 saturated heterocycles. The van der Waals surface area contributed by atoms with Crippen LogP contribution in [0, 0.1) is 6.92 Å². The van der Waals surface area contributed by atoms with Crippen LogP contribution in [0.5, 0.6) is 0 Å². The summed E-state index contributed by atoms with van der Waals surface area (Å²) < 4.78 is 5.21. The lowest BCUT2D eigenvalue weighted by atomic mass is 10.2. The summed E-state index contributed by atoms with van der Waals surface area (Å²) in [6.45, 7) is 8.16. The van der Waals surface area contributed by atoms with Gasteiger partial charge in [0.05, 0.1) is 12.2 Å². The largest absolute Gasteiger partial charge is 0.444 e. The van der Waals surface area contributed by atoms with Gasteiger partial charge in [0.15, 0.2) is 0 Å². The van der Waals surface area contributed by atoms with Gasteiger partial charge in [-0.3, -0.25) is 10.3 Å². The minimum absolute atomic E-state index is 0.456. The summed E-state index contributed by atoms with van der Waals surface area (Å²) in [5.41, 5.74) is 3.27. The van der Waals surface area contributed by atoms with Gasteiger partial charge in [0.2, 0.25) is 0 Å². The van der Waals surface area contributed by atoms with E-state index in [4.69, 9.17) is 4.74 Å². The second-order valence-electron chi connectivity index (χ2n) is 6.38. The van der Waals surface area contributed by atoms with Gasteiger partial charge >= 0.3 is 6.09 Å². The van der Waals surface area contributed by atoms with E-state index in [2.05, 4.69) is 15.6 Å². The number of rotatable bonds is 4. The van der Waals surface area contributed by atoms with Crippen LogP contribution in [-0.4, -0.2) is 16.7 Å². The molecule has 0 spiro atoms. The number of pyridine rings is 1. The van der Waals surface area contributed by atoms with Gasteiger partial charge in [0.1, 0.15) is 5.60 Å². The Morgan fingerprint density at radius 2 is 1.74 bits per heavy atom. The number of carbonyl (C=O) groups excluding carboxylic acids is 1. The Balaban J connectivity index is 1.87. The van der Waals surface area contributed by atoms with E-state index in [-0.39, 0.29) is 0 Å². The number of amides is 1. The van der Waals surface area contributed by atoms with Crippen molar-refractivity contribution in [2.45, 2.75) is 39.8 Å². The van der Waals surface area contributed by atoms with Crippen molar-refractivity contribution in [3.63, 3.8) is 0 Å². The van der Waals surface area contributed by atoms with Crippen LogP contribution in [0.4, 0.5) is 16.2 Å². The summed E-state index contributed by atoms with van der Waals surface area (Å²) >= 11 is 0. The second-order valence-corrected chi connectivity index (χ2v) is 6.38. The number of aromatic nitrogens is 1. The molecule has 0 aliphatic heterocycles. The lowest BCUT2D eigenvalue weighted by Crippen LogP contribution is -2.27. The number of ether oxygens (including phenoxy) is 1. The SMILES string of the molecule is Cc1ccc(CNc2ccc(NC(=O)OC(C)(C)C)cc2)nc1. The number of hydrogen-bond acceptors (Lipinski definition) is 4. The normalized spacial score (nSPS) is 11.0. The Bertz CT molecular complexity index is 643. The van der Waals surface area contributed by atoms with Gasteiger partial charge < -0.3 is 10.1 Å². The van der Waals surface area contributed by atoms with Crippen LogP contribution in [0.15, 0.2) is 42.6 Å². The number of nitrogens with one attached hydrogen (secondary N) is 2. The molecule has 2 rings (SSSR count). The summed E-state index contributed by atoms with van der Waals surface area (Å²) in [5.74, 6) is 0. The number of aryl methyl sites for hydroxylation is 1. The average molecular weight is 313 g/mol. The average Bonchev–Trinajstić information content (AvgIpc) is 2.46. The van der Waals surface area contributed by atoms with Crippen LogP contribution in [-0.2, 0) is 11.3 Å². The molecule has 0 aliphatic rings. The molecule has 0 bridgehead atoms. The lowest BCUT2D eigenvalue weighted by Gasteiger charge is -2.19. The number of hydrogen-bond donors (Lipinski definition) is 2. The van der Waals surface area contributed by atoms with Crippen molar-refractivity contribution in [1.82, 2.24) is 4.98 Å². The first kappa shape index (κ1) is 16.8. The first-order valence-corrected chi connectivity index (χ1v) is 7.57. The molecule has 5 nitrogen and oxygen atoms in total. The van der Waals surface area contributed by atoms with Gasteiger partial charge in [-0.15, -0.1) is 0 Å². The third kappa shape index (κ3) is 5.98. The molecule has 1 aromatic heterocycles. The molecule has 0 fully saturated rings. The van der Waals surface area contributed by atoms with E-state index >= 15 is 0 Å². The third-order valence-corrected chi connectivity index (χ3v) is 2.98. The number of carbonyl (C=O) groups is 1. The Labute approximate surface area is 137 Å². The van der Waals surface area contributed by atoms with Gasteiger partial charge in [-0.1, -0.05) is 6.07 Å². The molecule has 1 aromatic carbocycles. The van der Waals surface area contributed by atoms with Crippen molar-refractivity contribution < 1.29 is 9.53 Å². The van der Waals surface area contributed by atoms with Gasteiger partial charge in [0.25, 0.3) is 0 Å². The number of nitrogens with zero attached hydrogens (tertiary/aromatic N) is 1. The van der Waals surface area contributed by atoms with Crippen LogP contribution in [0.1, 0.15) is 32.0 Å². The molecular formula is C18H23N3O2. The minimum Gasteiger partial charge on any atom is -0.444 e. The topological polar surface area (TPSA) is 63.2 Å². The van der Waals surface area contributed by atoms with Crippen molar-refractivity contribution in [2.24, 2.45) is 0 Å². The summed E-state index contributed by atoms with van der Waals surface area (Å²) in [6.07, 6.45) is 1.40. The monoisotopic (exact) mass is 313 g/mol. The molecule has 1 heterocycles. The highest BCUT2D eigenvalue weighted by Crippen LogP contribution is 2.16. The fraction of sp³-hybridized carbons (Fsp3) is 0.333. The molecule has 23 heavy (non-hydrogen) atoms. The molecule has 0 aliphatic carbocycles. The zero-order chi connectivity index (χ0) is 16.9. The maximum absolute atomic E-state index is 11.7. The second kappa shape index (κ2) is 7.13. The Hall–Kier alpha value is -2.56. The molecule has 0 atom stereocenters. The predicted octanol–water partition coefficient (Wildman–Crippen LogP) is 4.35. The molecule has 0 saturated carbocycles. The zero-order valence-electron chi connectivity index (χ0n) is 14.0. The maximum Gasteiger partial charge on any atom is 0.412 e. The van der Waals surface area contributed by atoms with Crippen molar-refractivity contribution in [3.8, 4) is 0 Å². The Kier molecular flexibility index (Phi) is 5.21. The molecule has 0 unspecified atom stereocenters. The van der Waals surface area contributed by atoms with Crippen molar-refractivity contribution >= 4 is 17.5 Å². The van der Waals surface area contributed by atoms with Crippen LogP contribution in [0.2, 0.25) is 0 Å². The van der Waals surface area contributed by atoms with Crippen molar-refractivity contribution in [3.05, 3.63) is 53.9 Å². The lowest BCUT2D eigenvalue weighted by molar-refractivity contribution is 0.0636. The fourth-order valence-electron chi connectivity index (χ4n) is 1.89.